The van der Waals surface area contributed by atoms with Crippen molar-refractivity contribution in [1.82, 2.24) is 4.98 Å². The Morgan fingerprint density at radius 2 is 2.08 bits per heavy atom. The third kappa shape index (κ3) is 1.67. The Morgan fingerprint density at radius 3 is 2.58 bits per heavy atom. The van der Waals surface area contributed by atoms with Crippen LogP contribution in [-0.2, 0) is 0 Å². The number of methoxy groups -OCH3 is 1. The molecule has 66 valence electrons. The quantitative estimate of drug-likeness (QED) is 0.731. The number of nitrogens with zero attached hydrogens (tertiary/aromatic N) is 1. The van der Waals surface area contributed by atoms with E-state index in [1.165, 1.54) is 7.11 Å². The molecule has 12 heavy (non-hydrogen) atoms. The van der Waals surface area contributed by atoms with Crippen LogP contribution in [0.4, 0.5) is 0 Å². The zero-order chi connectivity index (χ0) is 9.14. The van der Waals surface area contributed by atoms with Gasteiger partial charge in [-0.15, -0.1) is 0 Å². The molecule has 3 heteroatoms. The summed E-state index contributed by atoms with van der Waals surface area (Å²) in [7, 11) is 1.49. The van der Waals surface area contributed by atoms with Crippen LogP contribution in [0.1, 0.15) is 25.5 Å². The van der Waals surface area contributed by atoms with Gasteiger partial charge in [-0.3, -0.25) is 0 Å². The molecule has 0 radical (unpaired) electrons. The van der Waals surface area contributed by atoms with Gasteiger partial charge in [0.15, 0.2) is 5.75 Å². The molecule has 3 nitrogen and oxygen atoms in total. The fourth-order valence-corrected chi connectivity index (χ4v) is 0.919. The van der Waals surface area contributed by atoms with Crippen LogP contribution >= 0.6 is 0 Å². The summed E-state index contributed by atoms with van der Waals surface area (Å²) in [5.74, 6) is 0.725. The van der Waals surface area contributed by atoms with Gasteiger partial charge in [0.1, 0.15) is 0 Å². The molecule has 0 aliphatic rings. The van der Waals surface area contributed by atoms with Gasteiger partial charge in [-0.05, 0) is 18.1 Å². The highest BCUT2D eigenvalue weighted by Gasteiger charge is 2.06. The lowest BCUT2D eigenvalue weighted by Crippen LogP contribution is -1.95. The number of pyridine rings is 1. The Kier molecular flexibility index (Phi) is 2.53. The number of aromatic nitrogens is 1. The van der Waals surface area contributed by atoms with Crippen molar-refractivity contribution in [3.63, 3.8) is 0 Å². The molecule has 0 unspecified atom stereocenters. The smallest absolute Gasteiger partial charge is 0.256 e. The van der Waals surface area contributed by atoms with Gasteiger partial charge in [-0.1, -0.05) is 13.8 Å². The summed E-state index contributed by atoms with van der Waals surface area (Å²) < 4.78 is 4.87. The van der Waals surface area contributed by atoms with Crippen LogP contribution in [0.15, 0.2) is 12.1 Å². The second-order valence-electron chi connectivity index (χ2n) is 2.92. The van der Waals surface area contributed by atoms with Gasteiger partial charge in [0, 0.05) is 5.69 Å². The molecule has 1 aromatic rings. The minimum absolute atomic E-state index is 0.0851. The van der Waals surface area contributed by atoms with Crippen molar-refractivity contribution in [2.24, 2.45) is 0 Å². The van der Waals surface area contributed by atoms with E-state index < -0.39 is 0 Å². The van der Waals surface area contributed by atoms with Gasteiger partial charge in [-0.2, -0.15) is 0 Å². The Hall–Kier alpha value is -1.25. The average Bonchev–Trinajstić information content (AvgIpc) is 2.05. The van der Waals surface area contributed by atoms with Gasteiger partial charge in [0.25, 0.3) is 5.88 Å². The average molecular weight is 167 g/mol. The monoisotopic (exact) mass is 167 g/mol. The van der Waals surface area contributed by atoms with Crippen molar-refractivity contribution in [2.75, 3.05) is 7.11 Å². The van der Waals surface area contributed by atoms with Crippen molar-refractivity contribution in [3.8, 4) is 11.6 Å². The summed E-state index contributed by atoms with van der Waals surface area (Å²) >= 11 is 0. The lowest BCUT2D eigenvalue weighted by molar-refractivity contribution is 0.356. The topological polar surface area (TPSA) is 42.4 Å². The van der Waals surface area contributed by atoms with E-state index in [0.717, 1.165) is 5.69 Å². The van der Waals surface area contributed by atoms with Gasteiger partial charge in [-0.25, -0.2) is 4.98 Å². The summed E-state index contributed by atoms with van der Waals surface area (Å²) in [6.07, 6.45) is 0. The second-order valence-corrected chi connectivity index (χ2v) is 2.92. The molecule has 0 fully saturated rings. The van der Waals surface area contributed by atoms with E-state index in [-0.39, 0.29) is 5.75 Å². The minimum Gasteiger partial charge on any atom is -0.503 e. The van der Waals surface area contributed by atoms with E-state index in [1.807, 2.05) is 13.8 Å². The first kappa shape index (κ1) is 8.84. The predicted molar refractivity (Wildman–Crippen MR) is 46.5 cm³/mol. The van der Waals surface area contributed by atoms with Crippen molar-refractivity contribution in [1.29, 1.82) is 0 Å². The molecule has 0 atom stereocenters. The van der Waals surface area contributed by atoms with Crippen LogP contribution in [0.25, 0.3) is 0 Å². The fourth-order valence-electron chi connectivity index (χ4n) is 0.919. The molecule has 1 aromatic heterocycles. The lowest BCUT2D eigenvalue weighted by atomic mass is 10.1. The molecule has 0 saturated heterocycles. The number of aromatic hydroxyl groups is 1. The maximum absolute atomic E-state index is 9.23. The van der Waals surface area contributed by atoms with Crippen LogP contribution in [0, 0.1) is 0 Å². The number of rotatable bonds is 2. The minimum atomic E-state index is 0.0851. The summed E-state index contributed by atoms with van der Waals surface area (Å²) in [5.41, 5.74) is 0.921. The summed E-state index contributed by atoms with van der Waals surface area (Å²) in [5, 5.41) is 9.23. The van der Waals surface area contributed by atoms with Gasteiger partial charge in [0.05, 0.1) is 7.11 Å². The third-order valence-corrected chi connectivity index (χ3v) is 1.65. The zero-order valence-corrected chi connectivity index (χ0v) is 7.53. The van der Waals surface area contributed by atoms with Crippen molar-refractivity contribution >= 4 is 0 Å². The molecule has 0 aromatic carbocycles. The molecular weight excluding hydrogens is 154 g/mol. The van der Waals surface area contributed by atoms with Gasteiger partial charge >= 0.3 is 0 Å². The van der Waals surface area contributed by atoms with E-state index in [2.05, 4.69) is 4.98 Å². The van der Waals surface area contributed by atoms with Gasteiger partial charge in [0.2, 0.25) is 0 Å². The Bertz CT molecular complexity index is 271. The van der Waals surface area contributed by atoms with Crippen LogP contribution in [0.2, 0.25) is 0 Å². The molecular formula is C9H13NO2. The van der Waals surface area contributed by atoms with Crippen molar-refractivity contribution < 1.29 is 9.84 Å². The number of hydrogen-bond donors (Lipinski definition) is 1. The zero-order valence-electron chi connectivity index (χ0n) is 7.53. The molecule has 0 bridgehead atoms. The van der Waals surface area contributed by atoms with Crippen LogP contribution in [0.3, 0.4) is 0 Å². The summed E-state index contributed by atoms with van der Waals surface area (Å²) in [6.45, 7) is 4.08. The van der Waals surface area contributed by atoms with E-state index >= 15 is 0 Å². The SMILES string of the molecule is COc1nc(C(C)C)ccc1O. The Labute approximate surface area is 72.0 Å². The maximum atomic E-state index is 9.23. The molecule has 1 heterocycles. The number of ether oxygens (including phenoxy) is 1. The largest absolute Gasteiger partial charge is 0.503 e. The molecule has 0 aliphatic heterocycles. The molecule has 0 saturated carbocycles. The first-order valence-corrected chi connectivity index (χ1v) is 3.89. The normalized spacial score (nSPS) is 10.3. The lowest BCUT2D eigenvalue weighted by Gasteiger charge is -2.07. The Balaban J connectivity index is 3.05. The van der Waals surface area contributed by atoms with Crippen LogP contribution in [-0.4, -0.2) is 17.2 Å². The third-order valence-electron chi connectivity index (χ3n) is 1.65. The fraction of sp³-hybridized carbons (Fsp3) is 0.444. The van der Waals surface area contributed by atoms with Crippen LogP contribution < -0.4 is 4.74 Å². The van der Waals surface area contributed by atoms with Crippen LogP contribution in [0.5, 0.6) is 11.6 Å². The molecule has 0 amide bonds. The van der Waals surface area contributed by atoms with Crippen molar-refractivity contribution in [3.05, 3.63) is 17.8 Å². The molecule has 1 N–H and O–H groups in total. The Morgan fingerprint density at radius 1 is 1.42 bits per heavy atom. The van der Waals surface area contributed by atoms with Gasteiger partial charge < -0.3 is 9.84 Å². The first-order chi connectivity index (χ1) is 5.65. The number of hydrogen-bond acceptors (Lipinski definition) is 3. The summed E-state index contributed by atoms with van der Waals surface area (Å²) in [4.78, 5) is 4.12. The first-order valence-electron chi connectivity index (χ1n) is 3.89. The standard InChI is InChI=1S/C9H13NO2/c1-6(2)7-4-5-8(11)9(10-7)12-3/h4-6,11H,1-3H3. The molecule has 0 aliphatic carbocycles. The van der Waals surface area contributed by atoms with E-state index in [1.54, 1.807) is 12.1 Å². The highest BCUT2D eigenvalue weighted by atomic mass is 16.5. The molecule has 0 spiro atoms. The van der Waals surface area contributed by atoms with E-state index in [9.17, 15) is 5.11 Å². The van der Waals surface area contributed by atoms with E-state index in [0.29, 0.717) is 11.8 Å². The second kappa shape index (κ2) is 3.43. The van der Waals surface area contributed by atoms with E-state index in [4.69, 9.17) is 4.74 Å². The predicted octanol–water partition coefficient (Wildman–Crippen LogP) is 1.92. The highest BCUT2D eigenvalue weighted by Crippen LogP contribution is 2.24. The highest BCUT2D eigenvalue weighted by molar-refractivity contribution is 5.33. The van der Waals surface area contributed by atoms with Crippen molar-refractivity contribution in [2.45, 2.75) is 19.8 Å². The molecule has 1 rings (SSSR count). The maximum Gasteiger partial charge on any atom is 0.256 e. The summed E-state index contributed by atoms with van der Waals surface area (Å²) in [6, 6.07) is 3.39.